The maximum atomic E-state index is 12.7. The van der Waals surface area contributed by atoms with Gasteiger partial charge in [-0.2, -0.15) is 0 Å². The molecular formula is C41H70O2. The van der Waals surface area contributed by atoms with Crippen molar-refractivity contribution in [2.75, 3.05) is 0 Å². The Hall–Kier alpha value is -1.05. The summed E-state index contributed by atoms with van der Waals surface area (Å²) < 4.78 is 6.10. The van der Waals surface area contributed by atoms with E-state index in [0.29, 0.717) is 29.1 Å². The second-order valence-electron chi connectivity index (χ2n) is 16.5. The Morgan fingerprint density at radius 2 is 1.58 bits per heavy atom. The molecule has 0 aromatic carbocycles. The molecule has 43 heavy (non-hydrogen) atoms. The van der Waals surface area contributed by atoms with Crippen LogP contribution >= 0.6 is 0 Å². The molecule has 0 aromatic heterocycles. The standard InChI is InChI=1S/C41H70O2/c1-8-10-11-12-13-14-15-16-17-18-39(42)43-34-25-27-40(6)33(29-34)21-22-35-37-24-23-36(41(37,7)28-26-38(35)40)31(5)19-20-32(9-2)30(3)4/h19-21,30-32,34-38H,8-18,22-29H2,1-7H3/b20-19+/t31-,32-,34+,35+,36-,37+,38+,40+,41-/m1/s1. The van der Waals surface area contributed by atoms with E-state index in [-0.39, 0.29) is 12.1 Å². The van der Waals surface area contributed by atoms with Crippen molar-refractivity contribution in [2.24, 2.45) is 52.3 Å². The number of hydrogen-bond acceptors (Lipinski definition) is 2. The van der Waals surface area contributed by atoms with Gasteiger partial charge in [0.05, 0.1) is 0 Å². The summed E-state index contributed by atoms with van der Waals surface area (Å²) in [6, 6.07) is 0. The fraction of sp³-hybridized carbons (Fsp3) is 0.878. The van der Waals surface area contributed by atoms with Crippen molar-refractivity contribution in [3.63, 3.8) is 0 Å². The van der Waals surface area contributed by atoms with Crippen molar-refractivity contribution in [2.45, 2.75) is 177 Å². The fourth-order valence-electron chi connectivity index (χ4n) is 10.7. The van der Waals surface area contributed by atoms with Crippen molar-refractivity contribution in [1.29, 1.82) is 0 Å². The fourth-order valence-corrected chi connectivity index (χ4v) is 10.7. The van der Waals surface area contributed by atoms with Gasteiger partial charge in [-0.05, 0) is 110 Å². The lowest BCUT2D eigenvalue weighted by molar-refractivity contribution is -0.151. The molecule has 0 radical (unpaired) electrons. The molecule has 9 atom stereocenters. The minimum Gasteiger partial charge on any atom is -0.462 e. The average molecular weight is 595 g/mol. The van der Waals surface area contributed by atoms with Gasteiger partial charge in [0.1, 0.15) is 6.10 Å². The Bertz CT molecular complexity index is 930. The predicted molar refractivity (Wildman–Crippen MR) is 184 cm³/mol. The summed E-state index contributed by atoms with van der Waals surface area (Å²) in [6.45, 7) is 17.2. The molecule has 0 bridgehead atoms. The number of unbranched alkanes of at least 4 members (excludes halogenated alkanes) is 8. The van der Waals surface area contributed by atoms with E-state index in [1.807, 2.05) is 0 Å². The van der Waals surface area contributed by atoms with Crippen LogP contribution in [0.2, 0.25) is 0 Å². The number of fused-ring (bicyclic) bond motifs is 5. The van der Waals surface area contributed by atoms with Crippen LogP contribution in [0.1, 0.15) is 170 Å². The van der Waals surface area contributed by atoms with Crippen LogP contribution < -0.4 is 0 Å². The summed E-state index contributed by atoms with van der Waals surface area (Å²) >= 11 is 0. The summed E-state index contributed by atoms with van der Waals surface area (Å²) in [5.41, 5.74) is 2.45. The molecule has 2 heteroatoms. The smallest absolute Gasteiger partial charge is 0.306 e. The molecule has 246 valence electrons. The Labute approximate surface area is 267 Å². The number of rotatable bonds is 16. The molecule has 0 aliphatic heterocycles. The van der Waals surface area contributed by atoms with Crippen LogP contribution in [0.3, 0.4) is 0 Å². The highest BCUT2D eigenvalue weighted by Crippen LogP contribution is 2.67. The van der Waals surface area contributed by atoms with Crippen molar-refractivity contribution in [3.05, 3.63) is 23.8 Å². The normalized spacial score (nSPS) is 35.3. The summed E-state index contributed by atoms with van der Waals surface area (Å²) in [4.78, 5) is 12.7. The molecule has 0 saturated heterocycles. The zero-order valence-electron chi connectivity index (χ0n) is 29.6. The number of allylic oxidation sites excluding steroid dienone is 3. The van der Waals surface area contributed by atoms with E-state index in [9.17, 15) is 4.79 Å². The van der Waals surface area contributed by atoms with Gasteiger partial charge < -0.3 is 4.74 Å². The molecule has 0 N–H and O–H groups in total. The second-order valence-corrected chi connectivity index (χ2v) is 16.5. The summed E-state index contributed by atoms with van der Waals surface area (Å²) in [5, 5.41) is 0. The van der Waals surface area contributed by atoms with Crippen LogP contribution in [0.5, 0.6) is 0 Å². The highest BCUT2D eigenvalue weighted by atomic mass is 16.5. The van der Waals surface area contributed by atoms with E-state index in [1.165, 1.54) is 96.3 Å². The van der Waals surface area contributed by atoms with Crippen LogP contribution in [0.4, 0.5) is 0 Å². The minimum atomic E-state index is 0.0538. The van der Waals surface area contributed by atoms with Gasteiger partial charge in [-0.15, -0.1) is 0 Å². The molecule has 0 aromatic rings. The molecule has 4 aliphatic carbocycles. The van der Waals surface area contributed by atoms with E-state index in [2.05, 4.69) is 66.7 Å². The Morgan fingerprint density at radius 1 is 0.884 bits per heavy atom. The molecule has 3 saturated carbocycles. The van der Waals surface area contributed by atoms with Crippen LogP contribution in [0.25, 0.3) is 0 Å². The van der Waals surface area contributed by atoms with Crippen molar-refractivity contribution in [3.8, 4) is 0 Å². The van der Waals surface area contributed by atoms with Gasteiger partial charge in [0.15, 0.2) is 0 Å². The Balaban J connectivity index is 1.27. The highest BCUT2D eigenvalue weighted by molar-refractivity contribution is 5.69. The van der Waals surface area contributed by atoms with Gasteiger partial charge >= 0.3 is 5.97 Å². The van der Waals surface area contributed by atoms with Crippen LogP contribution in [0.15, 0.2) is 23.8 Å². The SMILES string of the molecule is CCCCCCCCCCCC(=O)O[C@H]1CC[C@@]2(C)C(=CC[C@H]3[C@@H]4CC[C@H]([C@H](C)/C=C/[C@@H](CC)C(C)C)[C@@]4(C)CC[C@@H]32)C1. The number of carbonyl (C=O) groups is 1. The lowest BCUT2D eigenvalue weighted by Crippen LogP contribution is -2.51. The van der Waals surface area contributed by atoms with E-state index < -0.39 is 0 Å². The zero-order chi connectivity index (χ0) is 31.0. The van der Waals surface area contributed by atoms with Crippen LogP contribution in [0, 0.1) is 52.3 Å². The first-order chi connectivity index (χ1) is 20.6. The van der Waals surface area contributed by atoms with Gasteiger partial charge in [0, 0.05) is 12.8 Å². The molecule has 0 spiro atoms. The highest BCUT2D eigenvalue weighted by Gasteiger charge is 2.59. The molecule has 2 nitrogen and oxygen atoms in total. The van der Waals surface area contributed by atoms with Crippen molar-refractivity contribution >= 4 is 5.97 Å². The lowest BCUT2D eigenvalue weighted by atomic mass is 9.47. The largest absolute Gasteiger partial charge is 0.462 e. The van der Waals surface area contributed by atoms with Gasteiger partial charge in [-0.3, -0.25) is 4.79 Å². The van der Waals surface area contributed by atoms with E-state index in [4.69, 9.17) is 4.74 Å². The molecule has 4 aliphatic rings. The van der Waals surface area contributed by atoms with Crippen LogP contribution in [-0.2, 0) is 9.53 Å². The molecule has 4 rings (SSSR count). The molecular weight excluding hydrogens is 524 g/mol. The molecule has 3 fully saturated rings. The monoisotopic (exact) mass is 595 g/mol. The van der Waals surface area contributed by atoms with Gasteiger partial charge in [-0.1, -0.05) is 124 Å². The number of ether oxygens (including phenoxy) is 1. The predicted octanol–water partition coefficient (Wildman–Crippen LogP) is 12.3. The third kappa shape index (κ3) is 8.22. The summed E-state index contributed by atoms with van der Waals surface area (Å²) in [5.74, 6) is 5.56. The van der Waals surface area contributed by atoms with E-state index >= 15 is 0 Å². The number of hydrogen-bond donors (Lipinski definition) is 0. The minimum absolute atomic E-state index is 0.0538. The van der Waals surface area contributed by atoms with Crippen molar-refractivity contribution < 1.29 is 9.53 Å². The first kappa shape index (κ1) is 34.8. The van der Waals surface area contributed by atoms with Gasteiger partial charge in [0.2, 0.25) is 0 Å². The first-order valence-electron chi connectivity index (χ1n) is 19.2. The molecule has 0 unspecified atom stereocenters. The zero-order valence-corrected chi connectivity index (χ0v) is 29.6. The van der Waals surface area contributed by atoms with Gasteiger partial charge in [-0.25, -0.2) is 0 Å². The quantitative estimate of drug-likeness (QED) is 0.101. The third-order valence-electron chi connectivity index (χ3n) is 13.5. The Kier molecular flexibility index (Phi) is 12.9. The number of carbonyl (C=O) groups excluding carboxylic acids is 1. The number of esters is 1. The Morgan fingerprint density at radius 3 is 2.26 bits per heavy atom. The maximum absolute atomic E-state index is 12.7. The lowest BCUT2D eigenvalue weighted by Gasteiger charge is -2.58. The average Bonchev–Trinajstić information content (AvgIpc) is 3.34. The van der Waals surface area contributed by atoms with Crippen LogP contribution in [-0.4, -0.2) is 12.1 Å². The van der Waals surface area contributed by atoms with E-state index in [0.717, 1.165) is 48.9 Å². The summed E-state index contributed by atoms with van der Waals surface area (Å²) in [6.07, 6.45) is 31.5. The topological polar surface area (TPSA) is 26.3 Å². The third-order valence-corrected chi connectivity index (χ3v) is 13.5. The van der Waals surface area contributed by atoms with Crippen molar-refractivity contribution in [1.82, 2.24) is 0 Å². The second kappa shape index (κ2) is 16.0. The molecule has 0 amide bonds. The maximum Gasteiger partial charge on any atom is 0.306 e. The van der Waals surface area contributed by atoms with E-state index in [1.54, 1.807) is 5.57 Å². The van der Waals surface area contributed by atoms with Gasteiger partial charge in [0.25, 0.3) is 0 Å². The molecule has 0 heterocycles. The summed E-state index contributed by atoms with van der Waals surface area (Å²) in [7, 11) is 0. The first-order valence-corrected chi connectivity index (χ1v) is 19.2.